The number of ether oxygens (including phenoxy) is 1. The molecule has 3 N–H and O–H groups in total. The molecule has 0 aliphatic heterocycles. The average molecular weight is 385 g/mol. The number of fused-ring (bicyclic) bond motifs is 1. The van der Waals surface area contributed by atoms with E-state index in [-0.39, 0.29) is 12.2 Å². The molecule has 0 radical (unpaired) electrons. The molecule has 146 valence electrons. The first-order valence-electron chi connectivity index (χ1n) is 8.44. The number of carbonyl (C=O) groups excluding carboxylic acids is 2. The second-order valence-electron chi connectivity index (χ2n) is 6.53. The van der Waals surface area contributed by atoms with Crippen molar-refractivity contribution in [3.63, 3.8) is 0 Å². The molecule has 2 aromatic heterocycles. The molecular weight excluding hydrogens is 366 g/mol. The van der Waals surface area contributed by atoms with E-state index in [1.54, 1.807) is 0 Å². The number of benzene rings is 1. The van der Waals surface area contributed by atoms with Crippen LogP contribution < -0.4 is 17.0 Å². The number of aromatic nitrogens is 2. The van der Waals surface area contributed by atoms with Gasteiger partial charge in [0, 0.05) is 18.0 Å². The molecule has 9 nitrogen and oxygen atoms in total. The molecular formula is C19H19N3O6. The standard InChI is InChI=1S/C19H19N3O6/c1-9-4-12-11(7-27-14(12)5-10(9)2)6-15(24)28-8-13(23)16-17(20)22(3)19(26)21-18(16)25/h4-5,7H,6,8,20H2,1-3H3,(H,21,25,26). The Labute approximate surface area is 158 Å². The van der Waals surface area contributed by atoms with Gasteiger partial charge in [-0.15, -0.1) is 0 Å². The number of hydrogen-bond donors (Lipinski definition) is 2. The zero-order chi connectivity index (χ0) is 20.6. The molecule has 9 heteroatoms. The van der Waals surface area contributed by atoms with Crippen molar-refractivity contribution >= 4 is 28.5 Å². The fourth-order valence-electron chi connectivity index (χ4n) is 2.80. The minimum absolute atomic E-state index is 0.0953. The molecule has 0 spiro atoms. The summed E-state index contributed by atoms with van der Waals surface area (Å²) >= 11 is 0. The summed E-state index contributed by atoms with van der Waals surface area (Å²) < 4.78 is 11.4. The summed E-state index contributed by atoms with van der Waals surface area (Å²) in [5, 5.41) is 0.796. The van der Waals surface area contributed by atoms with Gasteiger partial charge in [-0.2, -0.15) is 0 Å². The molecule has 0 amide bonds. The van der Waals surface area contributed by atoms with Crippen LogP contribution >= 0.6 is 0 Å². The number of furan rings is 1. The first-order valence-corrected chi connectivity index (χ1v) is 8.44. The maximum absolute atomic E-state index is 12.2. The molecule has 3 rings (SSSR count). The van der Waals surface area contributed by atoms with Crippen molar-refractivity contribution < 1.29 is 18.7 Å². The van der Waals surface area contributed by atoms with Gasteiger partial charge >= 0.3 is 11.7 Å². The second kappa shape index (κ2) is 7.18. The van der Waals surface area contributed by atoms with Crippen LogP contribution in [0.4, 0.5) is 5.82 Å². The van der Waals surface area contributed by atoms with Gasteiger partial charge in [0.1, 0.15) is 17.0 Å². The molecule has 0 aliphatic rings. The molecule has 0 bridgehead atoms. The van der Waals surface area contributed by atoms with Crippen molar-refractivity contribution in [2.45, 2.75) is 20.3 Å². The van der Waals surface area contributed by atoms with Crippen molar-refractivity contribution in [2.75, 3.05) is 12.3 Å². The molecule has 0 atom stereocenters. The lowest BCUT2D eigenvalue weighted by atomic mass is 10.0. The number of aryl methyl sites for hydroxylation is 2. The van der Waals surface area contributed by atoms with E-state index in [4.69, 9.17) is 14.9 Å². The maximum Gasteiger partial charge on any atom is 0.329 e. The van der Waals surface area contributed by atoms with E-state index in [1.807, 2.05) is 31.0 Å². The molecule has 2 heterocycles. The highest BCUT2D eigenvalue weighted by atomic mass is 16.5. The van der Waals surface area contributed by atoms with Gasteiger partial charge in [0.05, 0.1) is 12.7 Å². The summed E-state index contributed by atoms with van der Waals surface area (Å²) in [6.45, 7) is 3.25. The number of nitrogen functional groups attached to an aromatic ring is 1. The van der Waals surface area contributed by atoms with Crippen LogP contribution in [0.15, 0.2) is 32.4 Å². The zero-order valence-corrected chi connectivity index (χ0v) is 15.6. The van der Waals surface area contributed by atoms with Crippen LogP contribution in [-0.4, -0.2) is 27.9 Å². The normalized spacial score (nSPS) is 11.0. The number of ketones is 1. The number of H-pyrrole nitrogens is 1. The van der Waals surface area contributed by atoms with Gasteiger partial charge in [0.25, 0.3) is 5.56 Å². The predicted molar refractivity (Wildman–Crippen MR) is 101 cm³/mol. The van der Waals surface area contributed by atoms with Gasteiger partial charge in [0.2, 0.25) is 5.78 Å². The van der Waals surface area contributed by atoms with Crippen LogP contribution in [0.5, 0.6) is 0 Å². The molecule has 0 fully saturated rings. The van der Waals surface area contributed by atoms with Crippen molar-refractivity contribution in [2.24, 2.45) is 7.05 Å². The van der Waals surface area contributed by atoms with Gasteiger partial charge in [-0.25, -0.2) is 4.79 Å². The Morgan fingerprint density at radius 3 is 2.61 bits per heavy atom. The molecule has 3 aromatic rings. The lowest BCUT2D eigenvalue weighted by molar-refractivity contribution is -0.141. The fourth-order valence-corrected chi connectivity index (χ4v) is 2.80. The number of rotatable bonds is 5. The van der Waals surface area contributed by atoms with Gasteiger partial charge in [-0.1, -0.05) is 0 Å². The number of anilines is 1. The summed E-state index contributed by atoms with van der Waals surface area (Å²) in [5.41, 5.74) is 6.99. The lowest BCUT2D eigenvalue weighted by Gasteiger charge is -2.08. The van der Waals surface area contributed by atoms with Crippen LogP contribution in [0.3, 0.4) is 0 Å². The van der Waals surface area contributed by atoms with Gasteiger partial charge in [-0.3, -0.25) is 23.9 Å². The number of nitrogens with two attached hydrogens (primary N) is 1. The number of Topliss-reactive ketones (excluding diaryl/α,β-unsaturated/α-hetero) is 1. The molecule has 28 heavy (non-hydrogen) atoms. The average Bonchev–Trinajstić information content (AvgIpc) is 3.00. The van der Waals surface area contributed by atoms with Crippen LogP contribution in [0.25, 0.3) is 11.0 Å². The van der Waals surface area contributed by atoms with Crippen LogP contribution in [0.2, 0.25) is 0 Å². The monoisotopic (exact) mass is 385 g/mol. The topological polar surface area (TPSA) is 137 Å². The highest BCUT2D eigenvalue weighted by molar-refractivity contribution is 6.01. The zero-order valence-electron chi connectivity index (χ0n) is 15.6. The van der Waals surface area contributed by atoms with E-state index >= 15 is 0 Å². The summed E-state index contributed by atoms with van der Waals surface area (Å²) in [6.07, 6.45) is 1.38. The third kappa shape index (κ3) is 3.46. The fraction of sp³-hybridized carbons (Fsp3) is 0.263. The van der Waals surface area contributed by atoms with Crippen LogP contribution in [-0.2, 0) is 23.0 Å². The third-order valence-electron chi connectivity index (χ3n) is 4.62. The first-order chi connectivity index (χ1) is 13.2. The largest absolute Gasteiger partial charge is 0.464 e. The number of nitrogens with one attached hydrogen (secondary N) is 1. The minimum atomic E-state index is -0.923. The van der Waals surface area contributed by atoms with E-state index in [2.05, 4.69) is 0 Å². The van der Waals surface area contributed by atoms with Crippen molar-refractivity contribution in [3.8, 4) is 0 Å². The quantitative estimate of drug-likeness (QED) is 0.493. The Bertz CT molecular complexity index is 1210. The molecule has 0 aliphatic carbocycles. The Morgan fingerprint density at radius 2 is 1.89 bits per heavy atom. The smallest absolute Gasteiger partial charge is 0.329 e. The number of hydrogen-bond acceptors (Lipinski definition) is 7. The van der Waals surface area contributed by atoms with E-state index < -0.39 is 35.2 Å². The third-order valence-corrected chi connectivity index (χ3v) is 4.62. The number of aromatic amines is 1. The highest BCUT2D eigenvalue weighted by Crippen LogP contribution is 2.25. The lowest BCUT2D eigenvalue weighted by Crippen LogP contribution is -2.35. The minimum Gasteiger partial charge on any atom is -0.464 e. The first kappa shape index (κ1) is 19.2. The summed E-state index contributed by atoms with van der Waals surface area (Å²) in [5.74, 6) is -1.75. The Morgan fingerprint density at radius 1 is 1.21 bits per heavy atom. The second-order valence-corrected chi connectivity index (χ2v) is 6.53. The number of esters is 1. The SMILES string of the molecule is Cc1cc2occ(CC(=O)OCC(=O)c3c(N)n(C)c(=O)[nH]c3=O)c2cc1C. The van der Waals surface area contributed by atoms with E-state index in [1.165, 1.54) is 13.3 Å². The Hall–Kier alpha value is -3.62. The van der Waals surface area contributed by atoms with Crippen LogP contribution in [0.1, 0.15) is 27.0 Å². The van der Waals surface area contributed by atoms with Crippen molar-refractivity contribution in [1.29, 1.82) is 0 Å². The van der Waals surface area contributed by atoms with Crippen LogP contribution in [0, 0.1) is 13.8 Å². The molecule has 0 saturated carbocycles. The summed E-state index contributed by atoms with van der Waals surface area (Å²) in [6, 6.07) is 3.81. The molecule has 0 saturated heterocycles. The summed E-state index contributed by atoms with van der Waals surface area (Å²) in [7, 11) is 1.31. The predicted octanol–water partition coefficient (Wildman–Crippen LogP) is 0.987. The van der Waals surface area contributed by atoms with E-state index in [0.29, 0.717) is 11.1 Å². The van der Waals surface area contributed by atoms with Crippen molar-refractivity contribution in [1.82, 2.24) is 9.55 Å². The molecule has 1 aromatic carbocycles. The van der Waals surface area contributed by atoms with Gasteiger partial charge in [0.15, 0.2) is 6.61 Å². The van der Waals surface area contributed by atoms with E-state index in [0.717, 1.165) is 21.1 Å². The highest BCUT2D eigenvalue weighted by Gasteiger charge is 2.20. The Balaban J connectivity index is 1.73. The van der Waals surface area contributed by atoms with E-state index in [9.17, 15) is 19.2 Å². The number of carbonyl (C=O) groups is 2. The Kier molecular flexibility index (Phi) is 4.91. The van der Waals surface area contributed by atoms with Crippen molar-refractivity contribution in [3.05, 3.63) is 61.5 Å². The summed E-state index contributed by atoms with van der Waals surface area (Å²) in [4.78, 5) is 49.7. The van der Waals surface area contributed by atoms with Gasteiger partial charge in [-0.05, 0) is 37.1 Å². The molecule has 0 unspecified atom stereocenters. The maximum atomic E-state index is 12.2. The van der Waals surface area contributed by atoms with Gasteiger partial charge < -0.3 is 14.9 Å². The number of nitrogens with zero attached hydrogens (tertiary/aromatic N) is 1.